The van der Waals surface area contributed by atoms with Crippen LogP contribution in [0.3, 0.4) is 0 Å². The highest BCUT2D eigenvalue weighted by molar-refractivity contribution is 6.20. The molecule has 1 N–H and O–H groups in total. The molecule has 1 saturated heterocycles. The van der Waals surface area contributed by atoms with Crippen molar-refractivity contribution in [2.75, 3.05) is 20.0 Å². The second-order valence-corrected chi connectivity index (χ2v) is 2.78. The average Bonchev–Trinajstić information content (AvgIpc) is 2.05. The van der Waals surface area contributed by atoms with Gasteiger partial charge in [0, 0.05) is 0 Å². The van der Waals surface area contributed by atoms with Gasteiger partial charge < -0.3 is 19.3 Å². The molecular weight excluding hydrogens is 188 g/mol. The lowest BCUT2D eigenvalue weighted by Crippen LogP contribution is -2.33. The number of hydrogen-bond acceptors (Lipinski definition) is 4. The van der Waals surface area contributed by atoms with Crippen LogP contribution in [0.2, 0.25) is 0 Å². The van der Waals surface area contributed by atoms with Crippen molar-refractivity contribution in [3.8, 4) is 0 Å². The predicted molar refractivity (Wildman–Crippen MR) is 39.0 cm³/mol. The Morgan fingerprint density at radius 3 is 2.67 bits per heavy atom. The summed E-state index contributed by atoms with van der Waals surface area (Å²) in [7, 11) is 0. The SMILES string of the molecule is O=C(O)OC(Cl)C1COCOC1. The lowest BCUT2D eigenvalue weighted by molar-refractivity contribution is -0.140. The topological polar surface area (TPSA) is 65.0 Å². The van der Waals surface area contributed by atoms with Gasteiger partial charge in [-0.25, -0.2) is 4.79 Å². The molecular formula is C6H9ClO5. The van der Waals surface area contributed by atoms with Gasteiger partial charge in [-0.2, -0.15) is 0 Å². The molecule has 0 aromatic carbocycles. The third-order valence-corrected chi connectivity index (χ3v) is 1.86. The third kappa shape index (κ3) is 2.84. The predicted octanol–water partition coefficient (Wildman–Crippen LogP) is 0.866. The third-order valence-electron chi connectivity index (χ3n) is 1.41. The summed E-state index contributed by atoms with van der Waals surface area (Å²) in [6.07, 6.45) is -1.39. The summed E-state index contributed by atoms with van der Waals surface area (Å²) in [4.78, 5) is 10.1. The molecule has 0 saturated carbocycles. The first-order chi connectivity index (χ1) is 5.70. The van der Waals surface area contributed by atoms with E-state index in [4.69, 9.17) is 26.2 Å². The maximum absolute atomic E-state index is 10.1. The highest BCUT2D eigenvalue weighted by Gasteiger charge is 2.25. The zero-order valence-corrected chi connectivity index (χ0v) is 6.99. The van der Waals surface area contributed by atoms with Gasteiger partial charge >= 0.3 is 6.16 Å². The molecule has 5 nitrogen and oxygen atoms in total. The van der Waals surface area contributed by atoms with E-state index in [1.807, 2.05) is 0 Å². The van der Waals surface area contributed by atoms with Gasteiger partial charge in [0.15, 0.2) is 5.56 Å². The lowest BCUT2D eigenvalue weighted by Gasteiger charge is -2.24. The number of rotatable bonds is 2. The molecule has 0 spiro atoms. The zero-order valence-electron chi connectivity index (χ0n) is 6.23. The van der Waals surface area contributed by atoms with Crippen molar-refractivity contribution in [2.45, 2.75) is 5.56 Å². The monoisotopic (exact) mass is 196 g/mol. The minimum Gasteiger partial charge on any atom is -0.450 e. The first kappa shape index (κ1) is 9.57. The van der Waals surface area contributed by atoms with E-state index >= 15 is 0 Å². The van der Waals surface area contributed by atoms with Crippen molar-refractivity contribution in [3.05, 3.63) is 0 Å². The Hall–Kier alpha value is -0.520. The van der Waals surface area contributed by atoms with Crippen molar-refractivity contribution in [3.63, 3.8) is 0 Å². The summed E-state index contributed by atoms with van der Waals surface area (Å²) in [5.74, 6) is -0.225. The summed E-state index contributed by atoms with van der Waals surface area (Å²) in [5.41, 5.74) is -0.900. The summed E-state index contributed by atoms with van der Waals surface area (Å²) >= 11 is 5.59. The molecule has 0 aromatic heterocycles. The number of ether oxygens (including phenoxy) is 3. The fourth-order valence-electron chi connectivity index (χ4n) is 0.850. The van der Waals surface area contributed by atoms with Crippen LogP contribution in [0.4, 0.5) is 4.79 Å². The Balaban J connectivity index is 2.29. The van der Waals surface area contributed by atoms with E-state index in [1.54, 1.807) is 0 Å². The average molecular weight is 197 g/mol. The van der Waals surface area contributed by atoms with Gasteiger partial charge in [-0.15, -0.1) is 0 Å². The van der Waals surface area contributed by atoms with E-state index in [0.29, 0.717) is 13.2 Å². The number of carboxylic acid groups (broad SMARTS) is 1. The first-order valence-corrected chi connectivity index (χ1v) is 3.83. The van der Waals surface area contributed by atoms with Gasteiger partial charge in [0.25, 0.3) is 0 Å². The Labute approximate surface area is 74.2 Å². The Bertz CT molecular complexity index is 156. The van der Waals surface area contributed by atoms with Crippen molar-refractivity contribution in [1.29, 1.82) is 0 Å². The molecule has 0 radical (unpaired) electrons. The van der Waals surface area contributed by atoms with E-state index in [1.165, 1.54) is 0 Å². The molecule has 0 aromatic rings. The molecule has 1 aliphatic heterocycles. The van der Waals surface area contributed by atoms with Crippen molar-refractivity contribution >= 4 is 17.8 Å². The van der Waals surface area contributed by atoms with Crippen molar-refractivity contribution in [2.24, 2.45) is 5.92 Å². The standard InChI is InChI=1S/C6H9ClO5/c7-5(12-6(8)9)4-1-10-3-11-2-4/h4-5H,1-3H2,(H,8,9). The number of alkyl halides is 1. The van der Waals surface area contributed by atoms with E-state index in [9.17, 15) is 4.79 Å². The Kier molecular flexibility index (Phi) is 3.58. The van der Waals surface area contributed by atoms with E-state index in [0.717, 1.165) is 0 Å². The molecule has 1 rings (SSSR count). The van der Waals surface area contributed by atoms with Crippen LogP contribution in [-0.2, 0) is 14.2 Å². The van der Waals surface area contributed by atoms with Crippen LogP contribution in [-0.4, -0.2) is 36.8 Å². The van der Waals surface area contributed by atoms with Crippen LogP contribution in [0.25, 0.3) is 0 Å². The Morgan fingerprint density at radius 2 is 2.17 bits per heavy atom. The van der Waals surface area contributed by atoms with Gasteiger partial charge in [-0.1, -0.05) is 11.6 Å². The van der Waals surface area contributed by atoms with Crippen LogP contribution in [0, 0.1) is 5.92 Å². The minimum atomic E-state index is -1.39. The molecule has 1 fully saturated rings. The zero-order chi connectivity index (χ0) is 8.97. The van der Waals surface area contributed by atoms with Crippen LogP contribution in [0.1, 0.15) is 0 Å². The first-order valence-electron chi connectivity index (χ1n) is 3.39. The van der Waals surface area contributed by atoms with E-state index in [2.05, 4.69) is 4.74 Å². The maximum atomic E-state index is 10.1. The lowest BCUT2D eigenvalue weighted by atomic mass is 10.2. The van der Waals surface area contributed by atoms with Gasteiger partial charge in [-0.05, 0) is 0 Å². The summed E-state index contributed by atoms with van der Waals surface area (Å²) in [6, 6.07) is 0. The molecule has 1 unspecified atom stereocenters. The Morgan fingerprint density at radius 1 is 1.58 bits per heavy atom. The summed E-state index contributed by atoms with van der Waals surface area (Å²) < 4.78 is 14.1. The molecule has 6 heteroatoms. The molecule has 12 heavy (non-hydrogen) atoms. The smallest absolute Gasteiger partial charge is 0.450 e. The van der Waals surface area contributed by atoms with Gasteiger partial charge in [-0.3, -0.25) is 0 Å². The van der Waals surface area contributed by atoms with Crippen LogP contribution < -0.4 is 0 Å². The molecule has 0 amide bonds. The molecule has 1 atom stereocenters. The number of carbonyl (C=O) groups is 1. The molecule has 0 bridgehead atoms. The molecule has 70 valence electrons. The fraction of sp³-hybridized carbons (Fsp3) is 0.833. The largest absolute Gasteiger partial charge is 0.507 e. The summed E-state index contributed by atoms with van der Waals surface area (Å²) in [6.45, 7) is 0.954. The fourth-order valence-corrected chi connectivity index (χ4v) is 1.07. The van der Waals surface area contributed by atoms with E-state index in [-0.39, 0.29) is 12.7 Å². The summed E-state index contributed by atoms with van der Waals surface area (Å²) in [5, 5.41) is 8.23. The number of halogens is 1. The normalized spacial score (nSPS) is 21.8. The minimum absolute atomic E-state index is 0.225. The van der Waals surface area contributed by atoms with Gasteiger partial charge in [0.1, 0.15) is 6.79 Å². The van der Waals surface area contributed by atoms with E-state index < -0.39 is 11.7 Å². The quantitative estimate of drug-likeness (QED) is 0.524. The molecule has 1 aliphatic rings. The molecule has 0 aliphatic carbocycles. The highest BCUT2D eigenvalue weighted by Crippen LogP contribution is 2.16. The van der Waals surface area contributed by atoms with Gasteiger partial charge in [0.2, 0.25) is 0 Å². The van der Waals surface area contributed by atoms with Crippen molar-refractivity contribution in [1.82, 2.24) is 0 Å². The van der Waals surface area contributed by atoms with Crippen LogP contribution in [0.15, 0.2) is 0 Å². The van der Waals surface area contributed by atoms with Crippen LogP contribution >= 0.6 is 11.6 Å². The van der Waals surface area contributed by atoms with Crippen LogP contribution in [0.5, 0.6) is 0 Å². The maximum Gasteiger partial charge on any atom is 0.507 e. The number of hydrogen-bond donors (Lipinski definition) is 1. The highest BCUT2D eigenvalue weighted by atomic mass is 35.5. The molecule has 1 heterocycles. The van der Waals surface area contributed by atoms with Crippen molar-refractivity contribution < 1.29 is 24.1 Å². The van der Waals surface area contributed by atoms with Gasteiger partial charge in [0.05, 0.1) is 19.1 Å². The second-order valence-electron chi connectivity index (χ2n) is 2.35. The second kappa shape index (κ2) is 4.49.